The van der Waals surface area contributed by atoms with E-state index in [2.05, 4.69) is 32.7 Å². The number of para-hydroxylation sites is 1. The average Bonchev–Trinajstić information content (AvgIpc) is 3.06. The van der Waals surface area contributed by atoms with Gasteiger partial charge in [0.1, 0.15) is 0 Å². The van der Waals surface area contributed by atoms with Gasteiger partial charge in [-0.3, -0.25) is 14.6 Å². The van der Waals surface area contributed by atoms with E-state index < -0.39 is 6.17 Å². The van der Waals surface area contributed by atoms with Crippen molar-refractivity contribution >= 4 is 45.9 Å². The summed E-state index contributed by atoms with van der Waals surface area (Å²) in [7, 11) is 0. The molecule has 1 aromatic carbocycles. The first-order valence-corrected chi connectivity index (χ1v) is 10.4. The second kappa shape index (κ2) is 7.12. The fourth-order valence-corrected chi connectivity index (χ4v) is 4.26. The quantitative estimate of drug-likeness (QED) is 0.343. The molecule has 138 valence electrons. The van der Waals surface area contributed by atoms with Crippen molar-refractivity contribution in [2.45, 2.75) is 25.2 Å². The first-order valence-electron chi connectivity index (χ1n) is 8.34. The maximum Gasteiger partial charge on any atom is 0.325 e. The van der Waals surface area contributed by atoms with Crippen LogP contribution in [0.15, 0.2) is 50.8 Å². The Morgan fingerprint density at radius 1 is 1.37 bits per heavy atom. The third-order valence-corrected chi connectivity index (χ3v) is 5.55. The molecule has 2 aromatic heterocycles. The van der Waals surface area contributed by atoms with Gasteiger partial charge >= 0.3 is 17.4 Å². The molecule has 0 saturated carbocycles. The fraction of sp³-hybridized carbons (Fsp3) is 0.222. The number of carbonyl (C=O) groups excluding carboxylic acids is 1. The number of nitrogens with zero attached hydrogens (tertiary/aromatic N) is 3. The Morgan fingerprint density at radius 2 is 2.15 bits per heavy atom. The topological polar surface area (TPSA) is 83.1 Å². The van der Waals surface area contributed by atoms with Crippen LogP contribution in [-0.2, 0) is 4.79 Å². The number of H-pyrrole nitrogens is 1. The van der Waals surface area contributed by atoms with Crippen molar-refractivity contribution in [1.29, 1.82) is 0 Å². The summed E-state index contributed by atoms with van der Waals surface area (Å²) in [6.45, 7) is 3.48. The Labute approximate surface area is 172 Å². The van der Waals surface area contributed by atoms with Gasteiger partial charge in [0.2, 0.25) is 11.1 Å². The van der Waals surface area contributed by atoms with E-state index in [9.17, 15) is 9.59 Å². The van der Waals surface area contributed by atoms with Crippen LogP contribution < -0.4 is 15.1 Å². The Balaban J connectivity index is 2.07. The minimum absolute atomic E-state index is 0.163. The van der Waals surface area contributed by atoms with E-state index in [0.29, 0.717) is 31.6 Å². The normalized spacial score (nSPS) is 15.4. The van der Waals surface area contributed by atoms with Gasteiger partial charge in [0.15, 0.2) is 9.53 Å². The lowest BCUT2D eigenvalue weighted by Crippen LogP contribution is -2.60. The number of aromatic nitrogens is 3. The number of fused-ring (bicyclic) bond motifs is 3. The summed E-state index contributed by atoms with van der Waals surface area (Å²) in [6.07, 6.45) is -0.672. The van der Waals surface area contributed by atoms with Gasteiger partial charge < -0.3 is 4.42 Å². The summed E-state index contributed by atoms with van der Waals surface area (Å²) < 4.78 is 8.12. The number of halogens is 1. The van der Waals surface area contributed by atoms with Crippen molar-refractivity contribution in [3.8, 4) is 11.3 Å². The second-order valence-corrected chi connectivity index (χ2v) is 8.22. The number of aromatic amines is 1. The molecule has 0 radical (unpaired) electrons. The van der Waals surface area contributed by atoms with E-state index in [0.717, 1.165) is 5.75 Å². The second-order valence-electron chi connectivity index (χ2n) is 5.91. The van der Waals surface area contributed by atoms with E-state index in [1.807, 2.05) is 43.3 Å². The van der Waals surface area contributed by atoms with Gasteiger partial charge in [-0.25, -0.2) is 4.90 Å². The standard InChI is InChI=1S/C18H15IN4O3S/c1-3-27-18-20-16(25)15-11-6-4-5-7-12(11)22(10(2)24)17(23(15)21-18)13-8-9-14(19)26-13/h4-9,17H,3H2,1-2H3/p+1/t17-/m1/s1. The maximum atomic E-state index is 12.9. The number of furan rings is 1. The van der Waals surface area contributed by atoms with E-state index in [1.165, 1.54) is 18.7 Å². The number of anilines is 1. The lowest BCUT2D eigenvalue weighted by Gasteiger charge is -2.29. The molecule has 1 N–H and O–H groups in total. The third kappa shape index (κ3) is 3.08. The molecule has 0 aliphatic carbocycles. The smallest absolute Gasteiger partial charge is 0.325 e. The number of hydrogen-bond donors (Lipinski definition) is 1. The number of nitrogens with one attached hydrogen (secondary N) is 1. The predicted molar refractivity (Wildman–Crippen MR) is 110 cm³/mol. The highest BCUT2D eigenvalue weighted by Gasteiger charge is 2.46. The lowest BCUT2D eigenvalue weighted by molar-refractivity contribution is -0.764. The van der Waals surface area contributed by atoms with Gasteiger partial charge in [-0.15, -0.1) is 0 Å². The molecule has 9 heteroatoms. The Hall–Kier alpha value is -2.14. The number of thioether (sulfide) groups is 1. The highest BCUT2D eigenvalue weighted by atomic mass is 127. The van der Waals surface area contributed by atoms with Crippen LogP contribution in [0, 0.1) is 3.77 Å². The van der Waals surface area contributed by atoms with E-state index in [4.69, 9.17) is 4.42 Å². The molecule has 0 fully saturated rings. The molecule has 3 heterocycles. The van der Waals surface area contributed by atoms with Gasteiger partial charge in [0, 0.05) is 12.0 Å². The van der Waals surface area contributed by atoms with Crippen molar-refractivity contribution in [3.63, 3.8) is 0 Å². The zero-order valence-corrected chi connectivity index (χ0v) is 17.6. The van der Waals surface area contributed by atoms with Crippen LogP contribution in [0.5, 0.6) is 0 Å². The van der Waals surface area contributed by atoms with E-state index in [-0.39, 0.29) is 11.5 Å². The number of amides is 1. The minimum atomic E-state index is -0.672. The number of hydrogen-bond acceptors (Lipinski definition) is 5. The minimum Gasteiger partial charge on any atom is -0.446 e. The fourth-order valence-electron chi connectivity index (χ4n) is 3.24. The Morgan fingerprint density at radius 3 is 2.81 bits per heavy atom. The number of rotatable bonds is 3. The zero-order valence-electron chi connectivity index (χ0n) is 14.6. The summed E-state index contributed by atoms with van der Waals surface area (Å²) in [5.74, 6) is 1.14. The van der Waals surface area contributed by atoms with Crippen LogP contribution >= 0.6 is 34.4 Å². The summed E-state index contributed by atoms with van der Waals surface area (Å²) in [5, 5.41) is 5.13. The van der Waals surface area contributed by atoms with Crippen LogP contribution in [0.1, 0.15) is 25.8 Å². The van der Waals surface area contributed by atoms with Crippen molar-refractivity contribution in [2.75, 3.05) is 10.7 Å². The van der Waals surface area contributed by atoms with Crippen LogP contribution in [0.2, 0.25) is 0 Å². The molecule has 0 bridgehead atoms. The number of benzene rings is 1. The zero-order chi connectivity index (χ0) is 19.1. The molecule has 27 heavy (non-hydrogen) atoms. The molecule has 1 amide bonds. The molecule has 0 saturated heterocycles. The molecule has 1 aliphatic rings. The van der Waals surface area contributed by atoms with Gasteiger partial charge in [0.25, 0.3) is 0 Å². The first kappa shape index (κ1) is 18.2. The van der Waals surface area contributed by atoms with Crippen LogP contribution in [0.3, 0.4) is 0 Å². The van der Waals surface area contributed by atoms with Crippen molar-refractivity contribution in [3.05, 3.63) is 56.3 Å². The van der Waals surface area contributed by atoms with Gasteiger partial charge in [0.05, 0.1) is 11.3 Å². The molecule has 1 atom stereocenters. The average molecular weight is 495 g/mol. The molecule has 1 aliphatic heterocycles. The molecule has 7 nitrogen and oxygen atoms in total. The largest absolute Gasteiger partial charge is 0.446 e. The first-order chi connectivity index (χ1) is 13.0. The lowest BCUT2D eigenvalue weighted by atomic mass is 10.0. The van der Waals surface area contributed by atoms with E-state index >= 15 is 0 Å². The summed E-state index contributed by atoms with van der Waals surface area (Å²) in [4.78, 5) is 30.0. The molecular weight excluding hydrogens is 479 g/mol. The third-order valence-electron chi connectivity index (χ3n) is 4.23. The van der Waals surface area contributed by atoms with Gasteiger partial charge in [-0.2, -0.15) is 0 Å². The van der Waals surface area contributed by atoms with Gasteiger partial charge in [-0.05, 0) is 57.3 Å². The van der Waals surface area contributed by atoms with Gasteiger partial charge in [-0.1, -0.05) is 30.8 Å². The number of carbonyl (C=O) groups is 1. The van der Waals surface area contributed by atoms with Crippen molar-refractivity contribution in [2.24, 2.45) is 0 Å². The molecule has 4 rings (SSSR count). The summed E-state index contributed by atoms with van der Waals surface area (Å²) in [5.41, 5.74) is 1.47. The molecule has 0 spiro atoms. The summed E-state index contributed by atoms with van der Waals surface area (Å²) >= 11 is 3.51. The van der Waals surface area contributed by atoms with Crippen LogP contribution in [0.4, 0.5) is 5.69 Å². The van der Waals surface area contributed by atoms with E-state index in [1.54, 1.807) is 9.58 Å². The predicted octanol–water partition coefficient (Wildman–Crippen LogP) is 2.95. The Kier molecular flexibility index (Phi) is 4.81. The summed E-state index contributed by atoms with van der Waals surface area (Å²) in [6, 6.07) is 11.0. The maximum absolute atomic E-state index is 12.9. The van der Waals surface area contributed by atoms with Crippen LogP contribution in [-0.4, -0.2) is 21.7 Å². The highest BCUT2D eigenvalue weighted by Crippen LogP contribution is 2.37. The SMILES string of the molecule is CCSc1n[n+]2c(c(=O)[nH]1)-c1ccccc1N(C(C)=O)[C@H]2c1ccc(I)o1. The van der Waals surface area contributed by atoms with Crippen molar-refractivity contribution < 1.29 is 13.9 Å². The van der Waals surface area contributed by atoms with Crippen molar-refractivity contribution in [1.82, 2.24) is 10.1 Å². The Bertz CT molecular complexity index is 1090. The molecule has 0 unspecified atom stereocenters. The van der Waals surface area contributed by atoms with Crippen LogP contribution in [0.25, 0.3) is 11.3 Å². The molecule has 3 aromatic rings. The molecular formula is C18H16IN4O3S+. The highest BCUT2D eigenvalue weighted by molar-refractivity contribution is 14.1. The monoisotopic (exact) mass is 495 g/mol.